The molecule has 104 valence electrons. The number of hydrogen-bond donors (Lipinski definition) is 2. The van der Waals surface area contributed by atoms with E-state index in [0.29, 0.717) is 17.3 Å². The predicted octanol–water partition coefficient (Wildman–Crippen LogP) is 4.73. The summed E-state index contributed by atoms with van der Waals surface area (Å²) in [5, 5.41) is 6.18. The predicted molar refractivity (Wildman–Crippen MR) is 86.2 cm³/mol. The number of nitrogens with one attached hydrogen (secondary N) is 2. The number of amides is 2. The Kier molecular flexibility index (Phi) is 5.04. The topological polar surface area (TPSA) is 41.1 Å². The molecular formula is C15H14BrClN2O. The first-order chi connectivity index (χ1) is 9.56. The number of halogens is 2. The third-order valence-corrected chi connectivity index (χ3v) is 3.86. The van der Waals surface area contributed by atoms with E-state index >= 15 is 0 Å². The summed E-state index contributed by atoms with van der Waals surface area (Å²) in [4.78, 5) is 11.8. The fourth-order valence-corrected chi connectivity index (χ4v) is 2.41. The zero-order chi connectivity index (χ0) is 14.5. The maximum atomic E-state index is 11.8. The van der Waals surface area contributed by atoms with E-state index in [1.54, 1.807) is 6.07 Å². The summed E-state index contributed by atoms with van der Waals surface area (Å²) in [6.45, 7) is 2.39. The van der Waals surface area contributed by atoms with Crippen LogP contribution in [0.3, 0.4) is 0 Å². The minimum absolute atomic E-state index is 0.269. The summed E-state index contributed by atoms with van der Waals surface area (Å²) >= 11 is 9.45. The van der Waals surface area contributed by atoms with Gasteiger partial charge in [0.15, 0.2) is 0 Å². The Morgan fingerprint density at radius 3 is 2.65 bits per heavy atom. The minimum Gasteiger partial charge on any atom is -0.334 e. The average Bonchev–Trinajstić information content (AvgIpc) is 2.44. The quantitative estimate of drug-likeness (QED) is 0.822. The highest BCUT2D eigenvalue weighted by Crippen LogP contribution is 2.29. The maximum Gasteiger partial charge on any atom is 0.319 e. The van der Waals surface area contributed by atoms with Gasteiger partial charge in [-0.15, -0.1) is 0 Å². The van der Waals surface area contributed by atoms with Crippen molar-refractivity contribution in [3.63, 3.8) is 0 Å². The van der Waals surface area contributed by atoms with Crippen molar-refractivity contribution >= 4 is 39.2 Å². The van der Waals surface area contributed by atoms with E-state index in [0.717, 1.165) is 15.6 Å². The van der Waals surface area contributed by atoms with Crippen LogP contribution >= 0.6 is 27.5 Å². The molecular weight excluding hydrogens is 340 g/mol. The van der Waals surface area contributed by atoms with Gasteiger partial charge in [-0.2, -0.15) is 0 Å². The molecule has 0 unspecified atom stereocenters. The summed E-state index contributed by atoms with van der Waals surface area (Å²) in [5.74, 6) is 0. The highest BCUT2D eigenvalue weighted by molar-refractivity contribution is 9.10. The molecule has 0 heterocycles. The number of aryl methyl sites for hydroxylation is 1. The molecule has 3 nitrogen and oxygen atoms in total. The Balaban J connectivity index is 1.97. The lowest BCUT2D eigenvalue weighted by Crippen LogP contribution is -2.28. The molecule has 20 heavy (non-hydrogen) atoms. The van der Waals surface area contributed by atoms with Gasteiger partial charge in [0.2, 0.25) is 0 Å². The third-order valence-electron chi connectivity index (χ3n) is 2.79. The molecule has 5 heteroatoms. The molecule has 0 saturated carbocycles. The lowest BCUT2D eigenvalue weighted by molar-refractivity contribution is 0.251. The second kappa shape index (κ2) is 6.77. The lowest BCUT2D eigenvalue weighted by Gasteiger charge is -2.11. The summed E-state index contributed by atoms with van der Waals surface area (Å²) < 4.78 is 0.800. The number of benzene rings is 2. The zero-order valence-electron chi connectivity index (χ0n) is 10.9. The SMILES string of the molecule is Cc1cc(Br)c(NC(=O)NCc2ccccc2)cc1Cl. The van der Waals surface area contributed by atoms with Gasteiger partial charge in [0.05, 0.1) is 5.69 Å². The van der Waals surface area contributed by atoms with E-state index in [1.807, 2.05) is 43.3 Å². The van der Waals surface area contributed by atoms with E-state index < -0.39 is 0 Å². The number of hydrogen-bond acceptors (Lipinski definition) is 1. The van der Waals surface area contributed by atoms with Crippen LogP contribution in [0.4, 0.5) is 10.5 Å². The van der Waals surface area contributed by atoms with Crippen LogP contribution in [0.15, 0.2) is 46.9 Å². The normalized spacial score (nSPS) is 10.2. The van der Waals surface area contributed by atoms with Crippen molar-refractivity contribution in [2.24, 2.45) is 0 Å². The standard InChI is InChI=1S/C15H14BrClN2O/c1-10-7-12(16)14(8-13(10)17)19-15(20)18-9-11-5-3-2-4-6-11/h2-8H,9H2,1H3,(H2,18,19,20). The molecule has 0 bridgehead atoms. The number of urea groups is 1. The van der Waals surface area contributed by atoms with Crippen molar-refractivity contribution < 1.29 is 4.79 Å². The maximum absolute atomic E-state index is 11.8. The van der Waals surface area contributed by atoms with E-state index in [4.69, 9.17) is 11.6 Å². The van der Waals surface area contributed by atoms with Crippen molar-refractivity contribution in [3.05, 3.63) is 63.1 Å². The van der Waals surface area contributed by atoms with Gasteiger partial charge in [0.1, 0.15) is 0 Å². The van der Waals surface area contributed by atoms with E-state index in [9.17, 15) is 4.79 Å². The molecule has 0 fully saturated rings. The fraction of sp³-hybridized carbons (Fsp3) is 0.133. The second-order valence-electron chi connectivity index (χ2n) is 4.37. The van der Waals surface area contributed by atoms with Gasteiger partial charge in [-0.05, 0) is 46.1 Å². The first-order valence-electron chi connectivity index (χ1n) is 6.10. The molecule has 0 atom stereocenters. The number of carbonyl (C=O) groups excluding carboxylic acids is 1. The fourth-order valence-electron chi connectivity index (χ4n) is 1.69. The Morgan fingerprint density at radius 2 is 1.95 bits per heavy atom. The average molecular weight is 354 g/mol. The Hall–Kier alpha value is -1.52. The first-order valence-corrected chi connectivity index (χ1v) is 7.28. The van der Waals surface area contributed by atoms with E-state index in [-0.39, 0.29) is 6.03 Å². The van der Waals surface area contributed by atoms with Crippen LogP contribution in [0.25, 0.3) is 0 Å². The molecule has 0 saturated heterocycles. The van der Waals surface area contributed by atoms with Crippen LogP contribution < -0.4 is 10.6 Å². The largest absolute Gasteiger partial charge is 0.334 e. The Labute approximate surface area is 131 Å². The summed E-state index contributed by atoms with van der Waals surface area (Å²) in [6.07, 6.45) is 0. The van der Waals surface area contributed by atoms with Gasteiger partial charge in [-0.25, -0.2) is 4.79 Å². The highest BCUT2D eigenvalue weighted by Gasteiger charge is 2.07. The molecule has 2 rings (SSSR count). The van der Waals surface area contributed by atoms with Gasteiger partial charge < -0.3 is 10.6 Å². The van der Waals surface area contributed by atoms with Crippen molar-refractivity contribution in [1.82, 2.24) is 5.32 Å². The molecule has 0 aromatic heterocycles. The zero-order valence-corrected chi connectivity index (χ0v) is 13.3. The van der Waals surface area contributed by atoms with Crippen LogP contribution in [0.1, 0.15) is 11.1 Å². The van der Waals surface area contributed by atoms with Crippen LogP contribution in [-0.2, 0) is 6.54 Å². The lowest BCUT2D eigenvalue weighted by atomic mass is 10.2. The molecule has 2 N–H and O–H groups in total. The van der Waals surface area contributed by atoms with Crippen molar-refractivity contribution in [2.45, 2.75) is 13.5 Å². The number of anilines is 1. The van der Waals surface area contributed by atoms with Gasteiger partial charge in [0, 0.05) is 16.0 Å². The Morgan fingerprint density at radius 1 is 1.25 bits per heavy atom. The van der Waals surface area contributed by atoms with Crippen LogP contribution in [0.5, 0.6) is 0 Å². The van der Waals surface area contributed by atoms with Crippen LogP contribution in [0.2, 0.25) is 5.02 Å². The van der Waals surface area contributed by atoms with Gasteiger partial charge in [-0.1, -0.05) is 41.9 Å². The van der Waals surface area contributed by atoms with Gasteiger partial charge in [0.25, 0.3) is 0 Å². The van der Waals surface area contributed by atoms with Crippen LogP contribution in [-0.4, -0.2) is 6.03 Å². The van der Waals surface area contributed by atoms with Crippen molar-refractivity contribution in [1.29, 1.82) is 0 Å². The molecule has 2 aromatic carbocycles. The van der Waals surface area contributed by atoms with Gasteiger partial charge in [-0.3, -0.25) is 0 Å². The molecule has 0 aliphatic carbocycles. The summed E-state index contributed by atoms with van der Waals surface area (Å²) in [6, 6.07) is 13.1. The van der Waals surface area contributed by atoms with Crippen molar-refractivity contribution in [2.75, 3.05) is 5.32 Å². The monoisotopic (exact) mass is 352 g/mol. The summed E-state index contributed by atoms with van der Waals surface area (Å²) in [5.41, 5.74) is 2.64. The first kappa shape index (κ1) is 14.9. The molecule has 0 aliphatic heterocycles. The van der Waals surface area contributed by atoms with Gasteiger partial charge >= 0.3 is 6.03 Å². The molecule has 2 amide bonds. The van der Waals surface area contributed by atoms with E-state index in [2.05, 4.69) is 26.6 Å². The second-order valence-corrected chi connectivity index (χ2v) is 5.64. The minimum atomic E-state index is -0.269. The smallest absolute Gasteiger partial charge is 0.319 e. The third kappa shape index (κ3) is 3.99. The molecule has 0 aliphatic rings. The Bertz CT molecular complexity index is 617. The van der Waals surface area contributed by atoms with Crippen molar-refractivity contribution in [3.8, 4) is 0 Å². The molecule has 0 radical (unpaired) electrons. The number of carbonyl (C=O) groups is 1. The molecule has 0 spiro atoms. The highest BCUT2D eigenvalue weighted by atomic mass is 79.9. The number of rotatable bonds is 3. The summed E-state index contributed by atoms with van der Waals surface area (Å²) in [7, 11) is 0. The van der Waals surface area contributed by atoms with E-state index in [1.165, 1.54) is 0 Å². The molecule has 2 aromatic rings. The van der Waals surface area contributed by atoms with Crippen LogP contribution in [0, 0.1) is 6.92 Å².